The van der Waals surface area contributed by atoms with Gasteiger partial charge in [-0.1, -0.05) is 0 Å². The van der Waals surface area contributed by atoms with Gasteiger partial charge >= 0.3 is 0 Å². The van der Waals surface area contributed by atoms with Crippen LogP contribution in [-0.4, -0.2) is 27.5 Å². The summed E-state index contributed by atoms with van der Waals surface area (Å²) in [5.41, 5.74) is 3.30. The van der Waals surface area contributed by atoms with E-state index in [1.165, 1.54) is 0 Å². The van der Waals surface area contributed by atoms with E-state index in [1.807, 2.05) is 25.2 Å². The number of amides is 1. The molecule has 1 aliphatic rings. The molecule has 0 bridgehead atoms. The van der Waals surface area contributed by atoms with Crippen molar-refractivity contribution in [1.82, 2.24) is 20.1 Å². The lowest BCUT2D eigenvalue weighted by Gasteiger charge is -2.04. The summed E-state index contributed by atoms with van der Waals surface area (Å²) >= 11 is 0. The maximum atomic E-state index is 12.3. The summed E-state index contributed by atoms with van der Waals surface area (Å²) in [6.07, 6.45) is 3.48. The van der Waals surface area contributed by atoms with E-state index in [0.717, 1.165) is 17.0 Å². The average molecular weight is 336 g/mol. The molecule has 0 saturated carbocycles. The summed E-state index contributed by atoms with van der Waals surface area (Å²) in [5.74, 6) is 1.06. The van der Waals surface area contributed by atoms with Gasteiger partial charge in [0.2, 0.25) is 6.79 Å². The fraction of sp³-hybridized carbons (Fsp3) is 0.167. The molecule has 25 heavy (non-hydrogen) atoms. The molecular weight excluding hydrogens is 320 g/mol. The second kappa shape index (κ2) is 6.27. The van der Waals surface area contributed by atoms with E-state index in [1.54, 1.807) is 35.3 Å². The fourth-order valence-corrected chi connectivity index (χ4v) is 2.72. The van der Waals surface area contributed by atoms with E-state index in [9.17, 15) is 4.79 Å². The van der Waals surface area contributed by atoms with E-state index < -0.39 is 0 Å². The summed E-state index contributed by atoms with van der Waals surface area (Å²) in [6.45, 7) is 0.526. The molecule has 0 spiro atoms. The molecule has 1 aliphatic heterocycles. The zero-order valence-electron chi connectivity index (χ0n) is 13.6. The van der Waals surface area contributed by atoms with Crippen molar-refractivity contribution in [1.29, 1.82) is 0 Å². The largest absolute Gasteiger partial charge is 0.454 e. The molecule has 0 unspecified atom stereocenters. The Hall–Kier alpha value is -3.35. The molecular formula is C18H16N4O3. The number of pyridine rings is 1. The average Bonchev–Trinajstić information content (AvgIpc) is 3.26. The van der Waals surface area contributed by atoms with Crippen LogP contribution in [0.15, 0.2) is 48.8 Å². The molecule has 0 radical (unpaired) electrons. The number of aromatic nitrogens is 3. The number of rotatable bonds is 4. The summed E-state index contributed by atoms with van der Waals surface area (Å²) in [5, 5.41) is 7.32. The molecule has 0 aliphatic carbocycles. The Balaban J connectivity index is 1.46. The topological polar surface area (TPSA) is 78.3 Å². The number of hydrogen-bond donors (Lipinski definition) is 1. The summed E-state index contributed by atoms with van der Waals surface area (Å²) in [7, 11) is 1.87. The highest BCUT2D eigenvalue weighted by molar-refractivity contribution is 5.94. The van der Waals surface area contributed by atoms with Crippen molar-refractivity contribution < 1.29 is 14.3 Å². The van der Waals surface area contributed by atoms with Crippen molar-refractivity contribution in [3.8, 4) is 22.8 Å². The van der Waals surface area contributed by atoms with Gasteiger partial charge < -0.3 is 14.8 Å². The summed E-state index contributed by atoms with van der Waals surface area (Å²) in [4.78, 5) is 16.3. The number of aryl methyl sites for hydroxylation is 1. The zero-order chi connectivity index (χ0) is 17.2. The van der Waals surface area contributed by atoms with Gasteiger partial charge in [0.1, 0.15) is 0 Å². The molecule has 0 fully saturated rings. The van der Waals surface area contributed by atoms with Crippen LogP contribution in [0.3, 0.4) is 0 Å². The number of nitrogens with zero attached hydrogens (tertiary/aromatic N) is 3. The van der Waals surface area contributed by atoms with E-state index in [2.05, 4.69) is 15.4 Å². The molecule has 4 rings (SSSR count). The Bertz CT molecular complexity index is 921. The molecule has 1 N–H and O–H groups in total. The van der Waals surface area contributed by atoms with Crippen LogP contribution in [0.5, 0.6) is 11.5 Å². The van der Waals surface area contributed by atoms with E-state index >= 15 is 0 Å². The van der Waals surface area contributed by atoms with Gasteiger partial charge in [0.15, 0.2) is 11.5 Å². The maximum Gasteiger partial charge on any atom is 0.251 e. The van der Waals surface area contributed by atoms with E-state index in [0.29, 0.717) is 23.6 Å². The lowest BCUT2D eigenvalue weighted by molar-refractivity contribution is 0.0950. The van der Waals surface area contributed by atoms with Crippen molar-refractivity contribution in [2.45, 2.75) is 6.54 Å². The van der Waals surface area contributed by atoms with Crippen LogP contribution in [0.25, 0.3) is 11.3 Å². The molecule has 3 aromatic rings. The van der Waals surface area contributed by atoms with Crippen molar-refractivity contribution in [3.05, 3.63) is 60.0 Å². The Morgan fingerprint density at radius 1 is 1.16 bits per heavy atom. The highest BCUT2D eigenvalue weighted by atomic mass is 16.7. The standard InChI is InChI=1S/C18H16N4O3/c1-22-15(12-4-6-19-7-5-12)9-14(21-22)10-20-18(23)13-2-3-16-17(8-13)25-11-24-16/h2-9H,10-11H2,1H3,(H,20,23). The quantitative estimate of drug-likeness (QED) is 0.790. The van der Waals surface area contributed by atoms with Crippen molar-refractivity contribution >= 4 is 5.91 Å². The fourth-order valence-electron chi connectivity index (χ4n) is 2.72. The first-order chi connectivity index (χ1) is 12.2. The molecule has 0 atom stereocenters. The second-order valence-electron chi connectivity index (χ2n) is 5.63. The number of ether oxygens (including phenoxy) is 2. The Labute approximate surface area is 144 Å². The molecule has 0 saturated heterocycles. The Kier molecular flexibility index (Phi) is 3.81. The second-order valence-corrected chi connectivity index (χ2v) is 5.63. The zero-order valence-corrected chi connectivity index (χ0v) is 13.6. The highest BCUT2D eigenvalue weighted by Gasteiger charge is 2.16. The van der Waals surface area contributed by atoms with E-state index in [4.69, 9.17) is 9.47 Å². The van der Waals surface area contributed by atoms with Gasteiger partial charge in [0, 0.05) is 30.6 Å². The first-order valence-corrected chi connectivity index (χ1v) is 7.82. The number of carbonyl (C=O) groups excluding carboxylic acids is 1. The van der Waals surface area contributed by atoms with Crippen LogP contribution in [0.1, 0.15) is 16.1 Å². The number of hydrogen-bond acceptors (Lipinski definition) is 5. The predicted octanol–water partition coefficient (Wildman–Crippen LogP) is 2.14. The van der Waals surface area contributed by atoms with Crippen LogP contribution in [0, 0.1) is 0 Å². The van der Waals surface area contributed by atoms with Gasteiger partial charge in [-0.25, -0.2) is 0 Å². The molecule has 7 nitrogen and oxygen atoms in total. The lowest BCUT2D eigenvalue weighted by atomic mass is 10.2. The molecule has 1 aromatic carbocycles. The summed E-state index contributed by atoms with van der Waals surface area (Å²) in [6, 6.07) is 10.9. The van der Waals surface area contributed by atoms with Crippen molar-refractivity contribution in [2.24, 2.45) is 7.05 Å². The minimum absolute atomic E-state index is 0.186. The van der Waals surface area contributed by atoms with Crippen LogP contribution >= 0.6 is 0 Å². The van der Waals surface area contributed by atoms with Gasteiger partial charge in [-0.15, -0.1) is 0 Å². The number of nitrogens with one attached hydrogen (secondary N) is 1. The number of benzene rings is 1. The third kappa shape index (κ3) is 3.03. The highest BCUT2D eigenvalue weighted by Crippen LogP contribution is 2.32. The van der Waals surface area contributed by atoms with Gasteiger partial charge in [-0.05, 0) is 36.4 Å². The summed E-state index contributed by atoms with van der Waals surface area (Å²) < 4.78 is 12.3. The molecule has 126 valence electrons. The van der Waals surface area contributed by atoms with Crippen molar-refractivity contribution in [3.63, 3.8) is 0 Å². The molecule has 1 amide bonds. The van der Waals surface area contributed by atoms with Gasteiger partial charge in [0.25, 0.3) is 5.91 Å². The molecule has 7 heteroatoms. The van der Waals surface area contributed by atoms with Gasteiger partial charge in [-0.3, -0.25) is 14.5 Å². The minimum Gasteiger partial charge on any atom is -0.454 e. The van der Waals surface area contributed by atoms with Gasteiger partial charge in [0.05, 0.1) is 17.9 Å². The predicted molar refractivity (Wildman–Crippen MR) is 90.2 cm³/mol. The minimum atomic E-state index is -0.186. The molecule has 2 aromatic heterocycles. The first kappa shape index (κ1) is 15.2. The van der Waals surface area contributed by atoms with Crippen LogP contribution in [0.4, 0.5) is 0 Å². The third-order valence-electron chi connectivity index (χ3n) is 3.97. The first-order valence-electron chi connectivity index (χ1n) is 7.82. The van der Waals surface area contributed by atoms with Crippen LogP contribution in [0.2, 0.25) is 0 Å². The maximum absolute atomic E-state index is 12.3. The molecule has 3 heterocycles. The Morgan fingerprint density at radius 2 is 1.96 bits per heavy atom. The van der Waals surface area contributed by atoms with Gasteiger partial charge in [-0.2, -0.15) is 5.10 Å². The number of carbonyl (C=O) groups is 1. The normalized spacial score (nSPS) is 12.2. The smallest absolute Gasteiger partial charge is 0.251 e. The number of fused-ring (bicyclic) bond motifs is 1. The monoisotopic (exact) mass is 336 g/mol. The van der Waals surface area contributed by atoms with Crippen LogP contribution in [-0.2, 0) is 13.6 Å². The Morgan fingerprint density at radius 3 is 2.80 bits per heavy atom. The van der Waals surface area contributed by atoms with E-state index in [-0.39, 0.29) is 12.7 Å². The lowest BCUT2D eigenvalue weighted by Crippen LogP contribution is -2.23. The SMILES string of the molecule is Cn1nc(CNC(=O)c2ccc3c(c2)OCO3)cc1-c1ccncc1. The van der Waals surface area contributed by atoms with Crippen LogP contribution < -0.4 is 14.8 Å². The third-order valence-corrected chi connectivity index (χ3v) is 3.97. The van der Waals surface area contributed by atoms with Crippen molar-refractivity contribution in [2.75, 3.05) is 6.79 Å².